The van der Waals surface area contributed by atoms with E-state index in [0.29, 0.717) is 5.92 Å². The van der Waals surface area contributed by atoms with Crippen LogP contribution in [0.2, 0.25) is 5.02 Å². The molecule has 0 radical (unpaired) electrons. The highest BCUT2D eigenvalue weighted by Gasteiger charge is 2.16. The zero-order valence-electron chi connectivity index (χ0n) is 12.6. The minimum Gasteiger partial charge on any atom is -0.492 e. The number of rotatable bonds is 7. The van der Waals surface area contributed by atoms with Gasteiger partial charge in [0.25, 0.3) is 0 Å². The monoisotopic (exact) mass is 295 g/mol. The van der Waals surface area contributed by atoms with Gasteiger partial charge in [-0.25, -0.2) is 0 Å². The van der Waals surface area contributed by atoms with Crippen molar-refractivity contribution in [3.05, 3.63) is 28.8 Å². The standard InChI is InChI=1S/C17H26ClNO/c1-13(2)10-19-11-15-7-8-17(16(18)9-15)20-12-14-5-3-4-6-14/h7-9,13-14,19H,3-6,10-12H2,1-2H3. The third-order valence-corrected chi connectivity index (χ3v) is 4.12. The van der Waals surface area contributed by atoms with Crippen molar-refractivity contribution in [2.24, 2.45) is 11.8 Å². The third-order valence-electron chi connectivity index (χ3n) is 3.83. The largest absolute Gasteiger partial charge is 0.492 e. The quantitative estimate of drug-likeness (QED) is 0.790. The Labute approximate surface area is 127 Å². The summed E-state index contributed by atoms with van der Waals surface area (Å²) in [5.41, 5.74) is 1.21. The molecular weight excluding hydrogens is 270 g/mol. The van der Waals surface area contributed by atoms with Crippen LogP contribution in [-0.4, -0.2) is 13.2 Å². The van der Waals surface area contributed by atoms with Crippen molar-refractivity contribution in [1.29, 1.82) is 0 Å². The molecule has 0 aliphatic heterocycles. The topological polar surface area (TPSA) is 21.3 Å². The number of hydrogen-bond acceptors (Lipinski definition) is 2. The van der Waals surface area contributed by atoms with Crippen LogP contribution in [0.15, 0.2) is 18.2 Å². The first-order chi connectivity index (χ1) is 9.65. The van der Waals surface area contributed by atoms with Gasteiger partial charge in [-0.2, -0.15) is 0 Å². The lowest BCUT2D eigenvalue weighted by Gasteiger charge is -2.13. The number of ether oxygens (including phenoxy) is 1. The minimum atomic E-state index is 0.666. The number of halogens is 1. The summed E-state index contributed by atoms with van der Waals surface area (Å²) in [5, 5.41) is 4.15. The van der Waals surface area contributed by atoms with E-state index >= 15 is 0 Å². The van der Waals surface area contributed by atoms with Crippen LogP contribution in [0.4, 0.5) is 0 Å². The summed E-state index contributed by atoms with van der Waals surface area (Å²) in [7, 11) is 0. The maximum Gasteiger partial charge on any atom is 0.137 e. The van der Waals surface area contributed by atoms with Gasteiger partial charge in [0.2, 0.25) is 0 Å². The van der Waals surface area contributed by atoms with Crippen molar-refractivity contribution in [3.63, 3.8) is 0 Å². The Morgan fingerprint density at radius 3 is 2.70 bits per heavy atom. The van der Waals surface area contributed by atoms with Crippen molar-refractivity contribution in [2.45, 2.75) is 46.1 Å². The van der Waals surface area contributed by atoms with E-state index in [-0.39, 0.29) is 0 Å². The molecule has 0 bridgehead atoms. The van der Waals surface area contributed by atoms with Crippen molar-refractivity contribution in [1.82, 2.24) is 5.32 Å². The molecule has 0 unspecified atom stereocenters. The van der Waals surface area contributed by atoms with E-state index in [1.165, 1.54) is 31.2 Å². The van der Waals surface area contributed by atoms with Crippen molar-refractivity contribution in [2.75, 3.05) is 13.2 Å². The smallest absolute Gasteiger partial charge is 0.137 e. The highest BCUT2D eigenvalue weighted by atomic mass is 35.5. The maximum atomic E-state index is 6.30. The van der Waals surface area contributed by atoms with E-state index in [2.05, 4.69) is 25.2 Å². The first-order valence-electron chi connectivity index (χ1n) is 7.77. The zero-order valence-corrected chi connectivity index (χ0v) is 13.4. The summed E-state index contributed by atoms with van der Waals surface area (Å²) in [5.74, 6) is 2.21. The van der Waals surface area contributed by atoms with Crippen LogP contribution in [0.25, 0.3) is 0 Å². The molecule has 0 aromatic heterocycles. The molecule has 1 aromatic rings. The van der Waals surface area contributed by atoms with Crippen molar-refractivity contribution in [3.8, 4) is 5.75 Å². The summed E-state index contributed by atoms with van der Waals surface area (Å²) in [6.07, 6.45) is 5.30. The second kappa shape index (κ2) is 7.90. The molecule has 1 aliphatic carbocycles. The lowest BCUT2D eigenvalue weighted by Crippen LogP contribution is -2.18. The van der Waals surface area contributed by atoms with Crippen LogP contribution in [0, 0.1) is 11.8 Å². The molecule has 1 aliphatic rings. The Balaban J connectivity index is 1.81. The Morgan fingerprint density at radius 1 is 1.30 bits per heavy atom. The lowest BCUT2D eigenvalue weighted by molar-refractivity contribution is 0.252. The SMILES string of the molecule is CC(C)CNCc1ccc(OCC2CCCC2)c(Cl)c1. The van der Waals surface area contributed by atoms with E-state index in [1.54, 1.807) is 0 Å². The van der Waals surface area contributed by atoms with Gasteiger partial charge < -0.3 is 10.1 Å². The molecule has 1 N–H and O–H groups in total. The third kappa shape index (κ3) is 4.99. The van der Waals surface area contributed by atoms with E-state index in [1.807, 2.05) is 12.1 Å². The Kier molecular flexibility index (Phi) is 6.18. The van der Waals surface area contributed by atoms with E-state index in [0.717, 1.165) is 36.4 Å². The van der Waals surface area contributed by atoms with Gasteiger partial charge in [0, 0.05) is 6.54 Å². The minimum absolute atomic E-state index is 0.666. The zero-order chi connectivity index (χ0) is 14.4. The molecule has 0 atom stereocenters. The summed E-state index contributed by atoms with van der Waals surface area (Å²) < 4.78 is 5.87. The van der Waals surface area contributed by atoms with Gasteiger partial charge in [0.1, 0.15) is 5.75 Å². The van der Waals surface area contributed by atoms with Crippen molar-refractivity contribution < 1.29 is 4.74 Å². The molecule has 0 heterocycles. The highest BCUT2D eigenvalue weighted by Crippen LogP contribution is 2.29. The van der Waals surface area contributed by atoms with Crippen LogP contribution >= 0.6 is 11.6 Å². The summed E-state index contributed by atoms with van der Waals surface area (Å²) in [6.45, 7) is 7.11. The van der Waals surface area contributed by atoms with Gasteiger partial charge in [0.05, 0.1) is 11.6 Å². The summed E-state index contributed by atoms with van der Waals surface area (Å²) in [4.78, 5) is 0. The van der Waals surface area contributed by atoms with Gasteiger partial charge in [0.15, 0.2) is 0 Å². The second-order valence-electron chi connectivity index (χ2n) is 6.25. The van der Waals surface area contributed by atoms with Crippen LogP contribution in [0.5, 0.6) is 5.75 Å². The molecule has 3 heteroatoms. The first-order valence-corrected chi connectivity index (χ1v) is 8.15. The average molecular weight is 296 g/mol. The predicted molar refractivity (Wildman–Crippen MR) is 85.4 cm³/mol. The maximum absolute atomic E-state index is 6.30. The normalized spacial score (nSPS) is 16.0. The van der Waals surface area contributed by atoms with Gasteiger partial charge in [-0.05, 0) is 48.9 Å². The molecular formula is C17H26ClNO. The fraction of sp³-hybridized carbons (Fsp3) is 0.647. The summed E-state index contributed by atoms with van der Waals surface area (Å²) in [6, 6.07) is 6.12. The number of nitrogens with one attached hydrogen (secondary N) is 1. The van der Waals surface area contributed by atoms with Crippen LogP contribution in [0.1, 0.15) is 45.1 Å². The number of hydrogen-bond donors (Lipinski definition) is 1. The Bertz CT molecular complexity index is 413. The average Bonchev–Trinajstić information content (AvgIpc) is 2.90. The molecule has 1 fully saturated rings. The van der Waals surface area contributed by atoms with Gasteiger partial charge in [-0.1, -0.05) is 44.4 Å². The molecule has 2 nitrogen and oxygen atoms in total. The van der Waals surface area contributed by atoms with Crippen LogP contribution < -0.4 is 10.1 Å². The van der Waals surface area contributed by atoms with Crippen LogP contribution in [-0.2, 0) is 6.54 Å². The molecule has 112 valence electrons. The van der Waals surface area contributed by atoms with Crippen molar-refractivity contribution >= 4 is 11.6 Å². The highest BCUT2D eigenvalue weighted by molar-refractivity contribution is 6.32. The lowest BCUT2D eigenvalue weighted by atomic mass is 10.1. The molecule has 0 spiro atoms. The van der Waals surface area contributed by atoms with Gasteiger partial charge >= 0.3 is 0 Å². The predicted octanol–water partition coefficient (Wildman–Crippen LogP) is 4.65. The fourth-order valence-corrected chi connectivity index (χ4v) is 2.92. The van der Waals surface area contributed by atoms with E-state index in [4.69, 9.17) is 16.3 Å². The molecule has 20 heavy (non-hydrogen) atoms. The Hall–Kier alpha value is -0.730. The van der Waals surface area contributed by atoms with E-state index in [9.17, 15) is 0 Å². The van der Waals surface area contributed by atoms with E-state index < -0.39 is 0 Å². The molecule has 0 amide bonds. The molecule has 0 saturated heterocycles. The van der Waals surface area contributed by atoms with Gasteiger partial charge in [-0.3, -0.25) is 0 Å². The van der Waals surface area contributed by atoms with Crippen LogP contribution in [0.3, 0.4) is 0 Å². The summed E-state index contributed by atoms with van der Waals surface area (Å²) >= 11 is 6.30. The molecule has 1 saturated carbocycles. The second-order valence-corrected chi connectivity index (χ2v) is 6.66. The molecule has 1 aromatic carbocycles. The fourth-order valence-electron chi connectivity index (χ4n) is 2.66. The first kappa shape index (κ1) is 15.7. The Morgan fingerprint density at radius 2 is 2.05 bits per heavy atom. The number of benzene rings is 1. The van der Waals surface area contributed by atoms with Gasteiger partial charge in [-0.15, -0.1) is 0 Å². The molecule has 2 rings (SSSR count).